The summed E-state index contributed by atoms with van der Waals surface area (Å²) in [5.41, 5.74) is 1.98. The molecule has 2 aromatic rings. The number of rotatable bonds is 9. The number of hydrogen-bond donors (Lipinski definition) is 2. The number of anilines is 2. The molecular weight excluding hydrogens is 364 g/mol. The van der Waals surface area contributed by atoms with Crippen molar-refractivity contribution in [2.45, 2.75) is 44.6 Å². The first-order valence-corrected chi connectivity index (χ1v) is 10.4. The van der Waals surface area contributed by atoms with Gasteiger partial charge in [-0.05, 0) is 56.7 Å². The molecule has 0 saturated heterocycles. The number of amides is 1. The molecule has 0 heterocycles. The van der Waals surface area contributed by atoms with Crippen LogP contribution in [0.25, 0.3) is 0 Å². The van der Waals surface area contributed by atoms with E-state index in [9.17, 15) is 13.2 Å². The molecule has 146 valence electrons. The lowest BCUT2D eigenvalue weighted by Crippen LogP contribution is -2.28. The lowest BCUT2D eigenvalue weighted by Gasteiger charge is -2.14. The zero-order chi connectivity index (χ0) is 19.9. The van der Waals surface area contributed by atoms with E-state index in [2.05, 4.69) is 17.0 Å². The SMILES string of the molecule is CCCCOC(C)C(=O)Nc1ccc(NS(=O)(=O)c2ccc(C)cc2)cc1. The summed E-state index contributed by atoms with van der Waals surface area (Å²) in [7, 11) is -3.65. The lowest BCUT2D eigenvalue weighted by atomic mass is 10.2. The number of benzene rings is 2. The van der Waals surface area contributed by atoms with Gasteiger partial charge in [-0.1, -0.05) is 31.0 Å². The molecule has 1 amide bonds. The summed E-state index contributed by atoms with van der Waals surface area (Å²) in [5, 5.41) is 2.76. The number of carbonyl (C=O) groups excluding carboxylic acids is 1. The van der Waals surface area contributed by atoms with Crippen LogP contribution in [0.15, 0.2) is 53.4 Å². The van der Waals surface area contributed by atoms with Gasteiger partial charge < -0.3 is 10.1 Å². The number of sulfonamides is 1. The van der Waals surface area contributed by atoms with E-state index < -0.39 is 16.1 Å². The minimum atomic E-state index is -3.65. The topological polar surface area (TPSA) is 84.5 Å². The van der Waals surface area contributed by atoms with Crippen LogP contribution in [-0.2, 0) is 19.6 Å². The van der Waals surface area contributed by atoms with Crippen molar-refractivity contribution in [3.8, 4) is 0 Å². The first kappa shape index (κ1) is 20.9. The molecule has 27 heavy (non-hydrogen) atoms. The van der Waals surface area contributed by atoms with Crippen LogP contribution >= 0.6 is 0 Å². The molecule has 2 rings (SSSR count). The summed E-state index contributed by atoms with van der Waals surface area (Å²) >= 11 is 0. The van der Waals surface area contributed by atoms with Gasteiger partial charge in [0.05, 0.1) is 4.90 Å². The highest BCUT2D eigenvalue weighted by atomic mass is 32.2. The van der Waals surface area contributed by atoms with Gasteiger partial charge in [0.2, 0.25) is 0 Å². The summed E-state index contributed by atoms with van der Waals surface area (Å²) in [6.45, 7) is 6.20. The van der Waals surface area contributed by atoms with Crippen LogP contribution in [0.2, 0.25) is 0 Å². The zero-order valence-corrected chi connectivity index (χ0v) is 16.7. The predicted octanol–water partition coefficient (Wildman–Crippen LogP) is 3.94. The van der Waals surface area contributed by atoms with E-state index in [0.717, 1.165) is 18.4 Å². The number of unbranched alkanes of at least 4 members (excludes halogenated alkanes) is 1. The van der Waals surface area contributed by atoms with E-state index in [1.807, 2.05) is 6.92 Å². The molecule has 7 heteroatoms. The fourth-order valence-corrected chi connectivity index (χ4v) is 3.34. The Bertz CT molecular complexity index is 847. The van der Waals surface area contributed by atoms with E-state index in [0.29, 0.717) is 18.0 Å². The van der Waals surface area contributed by atoms with Crippen LogP contribution in [0.5, 0.6) is 0 Å². The molecular formula is C20H26N2O4S. The third kappa shape index (κ3) is 6.37. The molecule has 0 radical (unpaired) electrons. The van der Waals surface area contributed by atoms with Gasteiger partial charge in [-0.3, -0.25) is 9.52 Å². The van der Waals surface area contributed by atoms with Gasteiger partial charge in [-0.15, -0.1) is 0 Å². The zero-order valence-electron chi connectivity index (χ0n) is 15.9. The molecule has 0 aliphatic rings. The largest absolute Gasteiger partial charge is 0.369 e. The fourth-order valence-electron chi connectivity index (χ4n) is 2.28. The Morgan fingerprint density at radius 2 is 1.63 bits per heavy atom. The molecule has 0 aliphatic heterocycles. The fraction of sp³-hybridized carbons (Fsp3) is 0.350. The van der Waals surface area contributed by atoms with Gasteiger partial charge >= 0.3 is 0 Å². The second-order valence-corrected chi connectivity index (χ2v) is 8.03. The van der Waals surface area contributed by atoms with Crippen molar-refractivity contribution in [3.05, 3.63) is 54.1 Å². The number of carbonyl (C=O) groups is 1. The molecule has 6 nitrogen and oxygen atoms in total. The molecule has 0 saturated carbocycles. The molecule has 2 N–H and O–H groups in total. The molecule has 1 unspecified atom stereocenters. The van der Waals surface area contributed by atoms with Gasteiger partial charge in [-0.25, -0.2) is 8.42 Å². The van der Waals surface area contributed by atoms with Crippen molar-refractivity contribution in [2.75, 3.05) is 16.6 Å². The highest BCUT2D eigenvalue weighted by Crippen LogP contribution is 2.19. The summed E-state index contributed by atoms with van der Waals surface area (Å²) in [4.78, 5) is 12.3. The minimum absolute atomic E-state index is 0.198. The summed E-state index contributed by atoms with van der Waals surface area (Å²) in [5.74, 6) is -0.237. The molecule has 0 aliphatic carbocycles. The number of aryl methyl sites for hydroxylation is 1. The molecule has 0 spiro atoms. The van der Waals surface area contributed by atoms with Crippen LogP contribution in [0, 0.1) is 6.92 Å². The Kier molecular flexibility index (Phi) is 7.38. The second kappa shape index (κ2) is 9.53. The van der Waals surface area contributed by atoms with Crippen molar-refractivity contribution >= 4 is 27.3 Å². The summed E-state index contributed by atoms with van der Waals surface area (Å²) in [6, 6.07) is 13.1. The second-order valence-electron chi connectivity index (χ2n) is 6.35. The monoisotopic (exact) mass is 390 g/mol. The van der Waals surface area contributed by atoms with Gasteiger partial charge in [0, 0.05) is 18.0 Å². The number of hydrogen-bond acceptors (Lipinski definition) is 4. The highest BCUT2D eigenvalue weighted by molar-refractivity contribution is 7.92. The minimum Gasteiger partial charge on any atom is -0.369 e. The number of nitrogens with one attached hydrogen (secondary N) is 2. The standard InChI is InChI=1S/C20H26N2O4S/c1-4-5-14-26-16(3)20(23)21-17-8-10-18(11-9-17)22-27(24,25)19-12-6-15(2)7-13-19/h6-13,16,22H,4-5,14H2,1-3H3,(H,21,23). The van der Waals surface area contributed by atoms with E-state index in [1.165, 1.54) is 0 Å². The Balaban J connectivity index is 1.96. The third-order valence-electron chi connectivity index (χ3n) is 3.97. The summed E-state index contributed by atoms with van der Waals surface area (Å²) in [6.07, 6.45) is 1.37. The Morgan fingerprint density at radius 3 is 2.22 bits per heavy atom. The van der Waals surface area contributed by atoms with E-state index in [4.69, 9.17) is 4.74 Å². The number of ether oxygens (including phenoxy) is 1. The Hall–Kier alpha value is -2.38. The Labute approximate surface area is 161 Å². The smallest absolute Gasteiger partial charge is 0.261 e. The maximum atomic E-state index is 12.4. The lowest BCUT2D eigenvalue weighted by molar-refractivity contribution is -0.126. The van der Waals surface area contributed by atoms with E-state index in [-0.39, 0.29) is 10.8 Å². The van der Waals surface area contributed by atoms with Crippen molar-refractivity contribution < 1.29 is 17.9 Å². The van der Waals surface area contributed by atoms with Crippen LogP contribution in [0.3, 0.4) is 0 Å². The maximum Gasteiger partial charge on any atom is 0.261 e. The van der Waals surface area contributed by atoms with Gasteiger partial charge in [0.1, 0.15) is 6.10 Å². The molecule has 0 bridgehead atoms. The van der Waals surface area contributed by atoms with Crippen LogP contribution < -0.4 is 10.0 Å². The van der Waals surface area contributed by atoms with Crippen molar-refractivity contribution in [3.63, 3.8) is 0 Å². The van der Waals surface area contributed by atoms with Crippen molar-refractivity contribution in [1.29, 1.82) is 0 Å². The van der Waals surface area contributed by atoms with Gasteiger partial charge in [0.25, 0.3) is 15.9 Å². The van der Waals surface area contributed by atoms with Crippen molar-refractivity contribution in [2.24, 2.45) is 0 Å². The molecule has 0 aromatic heterocycles. The van der Waals surface area contributed by atoms with E-state index in [1.54, 1.807) is 55.5 Å². The predicted molar refractivity (Wildman–Crippen MR) is 107 cm³/mol. The summed E-state index contributed by atoms with van der Waals surface area (Å²) < 4.78 is 32.8. The van der Waals surface area contributed by atoms with E-state index >= 15 is 0 Å². The quantitative estimate of drug-likeness (QED) is 0.635. The third-order valence-corrected chi connectivity index (χ3v) is 5.37. The van der Waals surface area contributed by atoms with Crippen molar-refractivity contribution in [1.82, 2.24) is 0 Å². The normalized spacial score (nSPS) is 12.4. The Morgan fingerprint density at radius 1 is 1.04 bits per heavy atom. The van der Waals surface area contributed by atoms with Crippen LogP contribution in [0.4, 0.5) is 11.4 Å². The van der Waals surface area contributed by atoms with Gasteiger partial charge in [-0.2, -0.15) is 0 Å². The first-order valence-electron chi connectivity index (χ1n) is 8.94. The molecule has 0 fully saturated rings. The van der Waals surface area contributed by atoms with Crippen LogP contribution in [-0.4, -0.2) is 27.0 Å². The highest BCUT2D eigenvalue weighted by Gasteiger charge is 2.15. The molecule has 2 aromatic carbocycles. The van der Waals surface area contributed by atoms with Gasteiger partial charge in [0.15, 0.2) is 0 Å². The first-order chi connectivity index (χ1) is 12.8. The average Bonchev–Trinajstić information content (AvgIpc) is 2.63. The maximum absolute atomic E-state index is 12.4. The average molecular weight is 391 g/mol. The van der Waals surface area contributed by atoms with Crippen LogP contribution in [0.1, 0.15) is 32.3 Å². The molecule has 1 atom stereocenters.